The van der Waals surface area contributed by atoms with E-state index in [9.17, 15) is 22.4 Å². The smallest absolute Gasteiger partial charge is 0.410 e. The summed E-state index contributed by atoms with van der Waals surface area (Å²) in [6.07, 6.45) is 2.32. The molecular formula is C35H39ClFN3O7S. The van der Waals surface area contributed by atoms with Gasteiger partial charge in [-0.15, -0.1) is 0 Å². The molecule has 3 aromatic rings. The lowest BCUT2D eigenvalue weighted by molar-refractivity contribution is -0.126. The van der Waals surface area contributed by atoms with Gasteiger partial charge in [0.25, 0.3) is 10.0 Å². The van der Waals surface area contributed by atoms with Crippen LogP contribution >= 0.6 is 11.6 Å². The Morgan fingerprint density at radius 3 is 2.33 bits per heavy atom. The van der Waals surface area contributed by atoms with Crippen LogP contribution in [0.4, 0.5) is 20.6 Å². The highest BCUT2D eigenvalue weighted by Crippen LogP contribution is 2.57. The number of ether oxygens (including phenoxy) is 3. The molecule has 6 rings (SSSR count). The molecule has 2 heterocycles. The molecule has 13 heteroatoms. The zero-order valence-corrected chi connectivity index (χ0v) is 28.9. The van der Waals surface area contributed by atoms with Gasteiger partial charge in [0.2, 0.25) is 5.91 Å². The van der Waals surface area contributed by atoms with Crippen LogP contribution in [0.15, 0.2) is 59.5 Å². The number of carbonyl (C=O) groups excluding carboxylic acids is 2. The van der Waals surface area contributed by atoms with Crippen LogP contribution in [0.5, 0.6) is 11.5 Å². The summed E-state index contributed by atoms with van der Waals surface area (Å²) in [5.74, 6) is -0.0325. The second-order valence-corrected chi connectivity index (χ2v) is 15.6. The number of halogens is 2. The summed E-state index contributed by atoms with van der Waals surface area (Å²) in [5.41, 5.74) is 0.842. The highest BCUT2D eigenvalue weighted by molar-refractivity contribution is 7.92. The van der Waals surface area contributed by atoms with Crippen molar-refractivity contribution in [2.24, 2.45) is 0 Å². The molecule has 0 unspecified atom stereocenters. The normalized spacial score (nSPS) is 17.6. The van der Waals surface area contributed by atoms with E-state index in [0.29, 0.717) is 61.5 Å². The lowest BCUT2D eigenvalue weighted by Crippen LogP contribution is -2.45. The molecule has 1 saturated heterocycles. The number of amides is 2. The van der Waals surface area contributed by atoms with Crippen molar-refractivity contribution in [1.82, 2.24) is 4.90 Å². The summed E-state index contributed by atoms with van der Waals surface area (Å²) in [5, 5.41) is 0.0692. The number of rotatable bonds is 8. The Bertz CT molecular complexity index is 1830. The molecule has 2 aliphatic heterocycles. The van der Waals surface area contributed by atoms with Gasteiger partial charge >= 0.3 is 6.09 Å². The van der Waals surface area contributed by atoms with E-state index in [1.807, 2.05) is 45.0 Å². The second kappa shape index (κ2) is 12.8. The van der Waals surface area contributed by atoms with E-state index in [2.05, 4.69) is 4.72 Å². The van der Waals surface area contributed by atoms with Crippen molar-refractivity contribution < 1.29 is 36.6 Å². The van der Waals surface area contributed by atoms with Crippen molar-refractivity contribution in [2.45, 2.75) is 81.4 Å². The first-order valence-electron chi connectivity index (χ1n) is 15.9. The van der Waals surface area contributed by atoms with Crippen molar-refractivity contribution in [3.05, 3.63) is 76.6 Å². The number of anilines is 2. The Morgan fingerprint density at radius 1 is 1.06 bits per heavy atom. The lowest BCUT2D eigenvalue weighted by Gasteiger charge is -2.37. The zero-order valence-electron chi connectivity index (χ0n) is 27.3. The molecule has 2 amide bonds. The molecular weight excluding hydrogens is 661 g/mol. The average molecular weight is 700 g/mol. The van der Waals surface area contributed by atoms with Crippen LogP contribution < -0.4 is 19.1 Å². The van der Waals surface area contributed by atoms with Gasteiger partial charge in [-0.1, -0.05) is 30.2 Å². The fourth-order valence-corrected chi connectivity index (χ4v) is 7.78. The summed E-state index contributed by atoms with van der Waals surface area (Å²) >= 11 is 5.87. The number of carbonyl (C=O) groups is 2. The summed E-state index contributed by atoms with van der Waals surface area (Å²) in [7, 11) is -2.79. The summed E-state index contributed by atoms with van der Waals surface area (Å²) in [6.45, 7) is 6.53. The minimum Gasteiger partial charge on any atom is -0.497 e. The van der Waals surface area contributed by atoms with E-state index in [0.717, 1.165) is 24.1 Å². The molecule has 2 fully saturated rings. The molecule has 3 aromatic carbocycles. The number of fused-ring (bicyclic) bond motifs is 2. The number of sulfonamides is 1. The molecule has 0 bridgehead atoms. The number of hydrogen-bond acceptors (Lipinski definition) is 7. The van der Waals surface area contributed by atoms with Crippen LogP contribution in [-0.4, -0.2) is 57.2 Å². The molecule has 256 valence electrons. The maximum atomic E-state index is 14.8. The lowest BCUT2D eigenvalue weighted by atomic mass is 9.65. The Morgan fingerprint density at radius 2 is 1.75 bits per heavy atom. The number of piperidine rings is 1. The first kappa shape index (κ1) is 33.9. The molecule has 10 nitrogen and oxygen atoms in total. The molecule has 0 aromatic heterocycles. The predicted molar refractivity (Wildman–Crippen MR) is 180 cm³/mol. The minimum atomic E-state index is -4.38. The van der Waals surface area contributed by atoms with E-state index in [1.165, 1.54) is 6.07 Å². The van der Waals surface area contributed by atoms with Crippen molar-refractivity contribution in [3.63, 3.8) is 0 Å². The van der Waals surface area contributed by atoms with Crippen LogP contribution in [0.2, 0.25) is 5.02 Å². The molecule has 1 spiro atoms. The number of hydrogen-bond donors (Lipinski definition) is 1. The second-order valence-electron chi connectivity index (χ2n) is 13.5. The van der Waals surface area contributed by atoms with E-state index < -0.39 is 37.8 Å². The topological polar surface area (TPSA) is 114 Å². The SMILES string of the molecule is COc1ccc(CN2C(=O)C3(CCC3)c3cc(NS(=O)(=O)c4ccc(Cl)cc4F)cc(OC4CCN(C(=O)OC(C)(C)C)CC4)c32)cc1. The van der Waals surface area contributed by atoms with Gasteiger partial charge in [0.15, 0.2) is 0 Å². The van der Waals surface area contributed by atoms with Gasteiger partial charge in [-0.25, -0.2) is 17.6 Å². The number of likely N-dealkylation sites (tertiary alicyclic amines) is 1. The number of nitrogens with one attached hydrogen (secondary N) is 1. The molecule has 1 N–H and O–H groups in total. The van der Waals surface area contributed by atoms with Crippen LogP contribution in [0.1, 0.15) is 64.0 Å². The van der Waals surface area contributed by atoms with Crippen LogP contribution in [0, 0.1) is 5.82 Å². The van der Waals surface area contributed by atoms with E-state index in [-0.39, 0.29) is 29.3 Å². The third-order valence-electron chi connectivity index (χ3n) is 9.04. The molecule has 1 aliphatic carbocycles. The average Bonchev–Trinajstić information content (AvgIpc) is 3.24. The third kappa shape index (κ3) is 6.64. The minimum absolute atomic E-state index is 0.0692. The van der Waals surface area contributed by atoms with Crippen LogP contribution in [-0.2, 0) is 31.5 Å². The zero-order chi connectivity index (χ0) is 34.4. The maximum Gasteiger partial charge on any atom is 0.410 e. The molecule has 0 radical (unpaired) electrons. The van der Waals surface area contributed by atoms with Gasteiger partial charge in [0.1, 0.15) is 33.9 Å². The highest BCUT2D eigenvalue weighted by atomic mass is 35.5. The first-order valence-corrected chi connectivity index (χ1v) is 17.8. The van der Waals surface area contributed by atoms with Crippen molar-refractivity contribution >= 4 is 45.0 Å². The highest BCUT2D eigenvalue weighted by Gasteiger charge is 2.56. The standard InChI is InChI=1S/C35H39ClFN3O7S/c1-34(2,3)47-33(42)39-16-12-26(13-17-39)46-29-20-24(38-48(43,44)30-11-8-23(36)18-28(30)37)19-27-31(29)40(32(41)35(27)14-5-15-35)21-22-6-9-25(45-4)10-7-22/h6-11,18-20,26,38H,5,12-17,21H2,1-4H3. The van der Waals surface area contributed by atoms with Gasteiger partial charge in [-0.05, 0) is 81.1 Å². The van der Waals surface area contributed by atoms with Gasteiger partial charge in [-0.3, -0.25) is 9.52 Å². The van der Waals surface area contributed by atoms with Gasteiger partial charge in [-0.2, -0.15) is 0 Å². The van der Waals surface area contributed by atoms with Crippen molar-refractivity contribution in [1.29, 1.82) is 0 Å². The Hall–Kier alpha value is -4.03. The summed E-state index contributed by atoms with van der Waals surface area (Å²) in [4.78, 5) is 29.7. The molecule has 1 saturated carbocycles. The van der Waals surface area contributed by atoms with Crippen LogP contribution in [0.3, 0.4) is 0 Å². The number of nitrogens with zero attached hydrogens (tertiary/aromatic N) is 2. The van der Waals surface area contributed by atoms with Crippen molar-refractivity contribution in [2.75, 3.05) is 29.8 Å². The fourth-order valence-electron chi connectivity index (χ4n) is 6.52. The van der Waals surface area contributed by atoms with Gasteiger partial charge < -0.3 is 24.0 Å². The monoisotopic (exact) mass is 699 g/mol. The largest absolute Gasteiger partial charge is 0.497 e. The summed E-state index contributed by atoms with van der Waals surface area (Å²) in [6, 6.07) is 14.0. The maximum absolute atomic E-state index is 14.8. The van der Waals surface area contributed by atoms with Gasteiger partial charge in [0.05, 0.1) is 30.4 Å². The predicted octanol–water partition coefficient (Wildman–Crippen LogP) is 7.04. The Kier molecular flexibility index (Phi) is 9.01. The summed E-state index contributed by atoms with van der Waals surface area (Å²) < 4.78 is 61.6. The first-order chi connectivity index (χ1) is 22.7. The Balaban J connectivity index is 1.36. The van der Waals surface area contributed by atoms with Gasteiger partial charge in [0, 0.05) is 37.0 Å². The molecule has 0 atom stereocenters. The number of benzene rings is 3. The van der Waals surface area contributed by atoms with E-state index >= 15 is 0 Å². The molecule has 3 aliphatic rings. The Labute approximate surface area is 285 Å². The van der Waals surface area contributed by atoms with E-state index in [1.54, 1.807) is 29.0 Å². The number of methoxy groups -OCH3 is 1. The third-order valence-corrected chi connectivity index (χ3v) is 10.7. The molecule has 48 heavy (non-hydrogen) atoms. The van der Waals surface area contributed by atoms with Crippen LogP contribution in [0.25, 0.3) is 0 Å². The van der Waals surface area contributed by atoms with Crippen molar-refractivity contribution in [3.8, 4) is 11.5 Å². The fraction of sp³-hybridized carbons (Fsp3) is 0.429. The quantitative estimate of drug-likeness (QED) is 0.268. The van der Waals surface area contributed by atoms with E-state index in [4.69, 9.17) is 25.8 Å².